The Labute approximate surface area is 261 Å². The van der Waals surface area contributed by atoms with Gasteiger partial charge in [0, 0.05) is 73.6 Å². The molecule has 244 valence electrons. The SMILES string of the molecule is CCO[Si](O)(OCC)c1ccc([Si](OCC)(OCC)O[Si](OCC)(OCC)c2ccc([Si](O)(OCC)OCC)cc2)cc1. The van der Waals surface area contributed by atoms with Crippen LogP contribution in [0.15, 0.2) is 48.5 Å². The van der Waals surface area contributed by atoms with Crippen LogP contribution in [0.3, 0.4) is 0 Å². The Balaban J connectivity index is 2.66. The first-order valence-corrected chi connectivity index (χ1v) is 22.1. The molecule has 0 aromatic heterocycles. The van der Waals surface area contributed by atoms with Crippen molar-refractivity contribution in [2.75, 3.05) is 52.9 Å². The highest BCUT2D eigenvalue weighted by atomic mass is 28.5. The molecule has 2 aromatic rings. The smallest absolute Gasteiger partial charge is 0.386 e. The molecule has 0 aliphatic heterocycles. The van der Waals surface area contributed by atoms with Crippen LogP contribution < -0.4 is 20.7 Å². The van der Waals surface area contributed by atoms with Gasteiger partial charge in [-0.15, -0.1) is 0 Å². The Kier molecular flexibility index (Phi) is 16.0. The fourth-order valence-electron chi connectivity index (χ4n) is 4.56. The highest BCUT2D eigenvalue weighted by Gasteiger charge is 2.57. The lowest BCUT2D eigenvalue weighted by molar-refractivity contribution is 0.0673. The Hall–Kier alpha value is -1.13. The summed E-state index contributed by atoms with van der Waals surface area (Å²) in [5.74, 6) is 0. The summed E-state index contributed by atoms with van der Waals surface area (Å²) in [5, 5.41) is 2.47. The molecular formula is C28H50O11Si4. The molecule has 0 amide bonds. The van der Waals surface area contributed by atoms with E-state index in [-0.39, 0.29) is 0 Å². The number of hydrogen-bond acceptors (Lipinski definition) is 11. The summed E-state index contributed by atoms with van der Waals surface area (Å²) < 4.78 is 55.1. The molecule has 0 heterocycles. The van der Waals surface area contributed by atoms with E-state index in [1.807, 2.05) is 79.7 Å². The predicted molar refractivity (Wildman–Crippen MR) is 173 cm³/mol. The van der Waals surface area contributed by atoms with Gasteiger partial charge in [-0.05, 0) is 55.4 Å². The van der Waals surface area contributed by atoms with Crippen molar-refractivity contribution < 1.29 is 49.1 Å². The van der Waals surface area contributed by atoms with E-state index in [1.54, 1.807) is 24.3 Å². The second kappa shape index (κ2) is 18.1. The van der Waals surface area contributed by atoms with Crippen molar-refractivity contribution in [1.29, 1.82) is 0 Å². The first kappa shape index (κ1) is 38.1. The van der Waals surface area contributed by atoms with Crippen molar-refractivity contribution in [3.63, 3.8) is 0 Å². The molecule has 2 N–H and O–H groups in total. The Morgan fingerprint density at radius 2 is 0.581 bits per heavy atom. The molecule has 0 radical (unpaired) electrons. The first-order valence-electron chi connectivity index (χ1n) is 15.1. The van der Waals surface area contributed by atoms with E-state index in [4.69, 9.17) is 39.5 Å². The lowest BCUT2D eigenvalue weighted by atomic mass is 10.4. The molecule has 15 heteroatoms. The minimum atomic E-state index is -3.69. The fourth-order valence-corrected chi connectivity index (χ4v) is 14.9. The summed E-state index contributed by atoms with van der Waals surface area (Å²) in [6.07, 6.45) is 0. The highest BCUT2D eigenvalue weighted by molar-refractivity contribution is 6.88. The number of hydrogen-bond donors (Lipinski definition) is 2. The van der Waals surface area contributed by atoms with Crippen LogP contribution in [0, 0.1) is 0 Å². The molecule has 0 fully saturated rings. The van der Waals surface area contributed by atoms with Crippen molar-refractivity contribution in [1.82, 2.24) is 0 Å². The van der Waals surface area contributed by atoms with E-state index in [9.17, 15) is 9.59 Å². The third kappa shape index (κ3) is 9.44. The first-order chi connectivity index (χ1) is 20.6. The van der Waals surface area contributed by atoms with Gasteiger partial charge in [0.25, 0.3) is 0 Å². The van der Waals surface area contributed by atoms with Crippen LogP contribution in [0.4, 0.5) is 0 Å². The van der Waals surface area contributed by atoms with E-state index < -0.39 is 35.2 Å². The van der Waals surface area contributed by atoms with Crippen LogP contribution in [0.25, 0.3) is 0 Å². The summed E-state index contributed by atoms with van der Waals surface area (Å²) in [6, 6.07) is 14.3. The van der Waals surface area contributed by atoms with Crippen molar-refractivity contribution in [2.45, 2.75) is 55.4 Å². The summed E-state index contributed by atoms with van der Waals surface area (Å²) in [5.41, 5.74) is 0. The molecule has 2 rings (SSSR count). The number of rotatable bonds is 22. The van der Waals surface area contributed by atoms with Gasteiger partial charge in [-0.2, -0.15) is 0 Å². The molecule has 0 saturated carbocycles. The third-order valence-electron chi connectivity index (χ3n) is 6.17. The molecule has 0 unspecified atom stereocenters. The normalized spacial score (nSPS) is 13.1. The lowest BCUT2D eigenvalue weighted by Crippen LogP contribution is -2.69. The van der Waals surface area contributed by atoms with Crippen molar-refractivity contribution >= 4 is 56.0 Å². The molecule has 11 nitrogen and oxygen atoms in total. The average Bonchev–Trinajstić information content (AvgIpc) is 2.98. The zero-order chi connectivity index (χ0) is 32.0. The van der Waals surface area contributed by atoms with Crippen LogP contribution in [-0.2, 0) is 39.5 Å². The van der Waals surface area contributed by atoms with E-state index in [0.29, 0.717) is 73.6 Å². The molecular weight excluding hydrogens is 625 g/mol. The minimum absolute atomic E-state index is 0.313. The Morgan fingerprint density at radius 3 is 0.791 bits per heavy atom. The fraction of sp³-hybridized carbons (Fsp3) is 0.571. The average molecular weight is 675 g/mol. The lowest BCUT2D eigenvalue weighted by Gasteiger charge is -2.38. The monoisotopic (exact) mass is 674 g/mol. The molecule has 43 heavy (non-hydrogen) atoms. The van der Waals surface area contributed by atoms with Gasteiger partial charge in [-0.25, -0.2) is 0 Å². The summed E-state index contributed by atoms with van der Waals surface area (Å²) >= 11 is 0. The van der Waals surface area contributed by atoms with E-state index >= 15 is 0 Å². The molecule has 0 spiro atoms. The Morgan fingerprint density at radius 1 is 0.372 bits per heavy atom. The van der Waals surface area contributed by atoms with E-state index in [1.165, 1.54) is 0 Å². The van der Waals surface area contributed by atoms with Gasteiger partial charge in [-0.1, -0.05) is 48.5 Å². The van der Waals surface area contributed by atoms with Crippen LogP contribution in [0.1, 0.15) is 55.4 Å². The van der Waals surface area contributed by atoms with Gasteiger partial charge in [-0.3, -0.25) is 0 Å². The molecule has 2 aromatic carbocycles. The highest BCUT2D eigenvalue weighted by Crippen LogP contribution is 2.21. The maximum absolute atomic E-state index is 11.2. The summed E-state index contributed by atoms with van der Waals surface area (Å²) in [7, 11) is -14.5. The number of benzene rings is 2. The molecule has 0 atom stereocenters. The summed E-state index contributed by atoms with van der Waals surface area (Å²) in [4.78, 5) is 22.3. The van der Waals surface area contributed by atoms with Gasteiger partial charge in [0.1, 0.15) is 0 Å². The van der Waals surface area contributed by atoms with Gasteiger partial charge < -0.3 is 49.1 Å². The molecule has 0 saturated heterocycles. The van der Waals surface area contributed by atoms with E-state index in [2.05, 4.69) is 0 Å². The molecule has 0 aliphatic carbocycles. The van der Waals surface area contributed by atoms with Crippen LogP contribution in [-0.4, -0.2) is 97.7 Å². The Bertz CT molecular complexity index is 952. The van der Waals surface area contributed by atoms with Crippen molar-refractivity contribution in [2.24, 2.45) is 0 Å². The van der Waals surface area contributed by atoms with Gasteiger partial charge in [0.15, 0.2) is 0 Å². The van der Waals surface area contributed by atoms with Gasteiger partial charge in [0.2, 0.25) is 0 Å². The minimum Gasteiger partial charge on any atom is -0.386 e. The third-order valence-corrected chi connectivity index (χ3v) is 17.9. The molecule has 0 aliphatic rings. The van der Waals surface area contributed by atoms with Gasteiger partial charge >= 0.3 is 35.2 Å². The van der Waals surface area contributed by atoms with Gasteiger partial charge in [0.05, 0.1) is 0 Å². The van der Waals surface area contributed by atoms with E-state index in [0.717, 1.165) is 0 Å². The standard InChI is InChI=1S/C28H50O11Si4/c1-9-31-40(29,32-10-2)25-17-21-27(22-18-25)42(35-13-5,36-14-6)39-43(37-15-7,38-16-8)28-23-19-26(20-24-28)41(30,33-11-3)34-12-4/h17-24,29-30H,9-16H2,1-8H3. The van der Waals surface area contributed by atoms with Crippen LogP contribution in [0.2, 0.25) is 0 Å². The van der Waals surface area contributed by atoms with Crippen molar-refractivity contribution in [3.05, 3.63) is 48.5 Å². The second-order valence-electron chi connectivity index (χ2n) is 9.00. The van der Waals surface area contributed by atoms with Crippen LogP contribution >= 0.6 is 0 Å². The van der Waals surface area contributed by atoms with Crippen molar-refractivity contribution in [3.8, 4) is 0 Å². The molecule has 0 bridgehead atoms. The van der Waals surface area contributed by atoms with Crippen LogP contribution in [0.5, 0.6) is 0 Å². The second-order valence-corrected chi connectivity index (χ2v) is 19.0. The summed E-state index contributed by atoms with van der Waals surface area (Å²) in [6.45, 7) is 17.3. The zero-order valence-electron chi connectivity index (χ0n) is 26.8. The largest absolute Gasteiger partial charge is 0.534 e. The zero-order valence-corrected chi connectivity index (χ0v) is 30.8. The maximum atomic E-state index is 11.2. The quantitative estimate of drug-likeness (QED) is 0.176. The topological polar surface area (TPSA) is 124 Å². The maximum Gasteiger partial charge on any atom is 0.534 e. The predicted octanol–water partition coefficient (Wildman–Crippen LogP) is 1.26.